The van der Waals surface area contributed by atoms with Crippen LogP contribution in [0.1, 0.15) is 40.5 Å². The minimum absolute atomic E-state index is 0.0930. The van der Waals surface area contributed by atoms with Crippen molar-refractivity contribution in [1.29, 1.82) is 0 Å². The summed E-state index contributed by atoms with van der Waals surface area (Å²) in [7, 11) is 0. The molecule has 0 aromatic carbocycles. The first-order valence-electron chi connectivity index (χ1n) is 12.6. The van der Waals surface area contributed by atoms with Crippen LogP contribution >= 0.6 is 0 Å². The number of likely N-dealkylation sites (tertiary alicyclic amines) is 1. The second kappa shape index (κ2) is 9.54. The summed E-state index contributed by atoms with van der Waals surface area (Å²) in [5, 5.41) is 11.5. The molecular weight excluding hydrogens is 431 g/mol. The zero-order valence-corrected chi connectivity index (χ0v) is 18.4. The Hall–Kier alpha value is -2.26. The lowest BCUT2D eigenvalue weighted by atomic mass is 9.96. The maximum Gasteiger partial charge on any atom is 0.434 e. The summed E-state index contributed by atoms with van der Waals surface area (Å²) in [4.78, 5) is 5.50. The van der Waals surface area contributed by atoms with Gasteiger partial charge in [-0.05, 0) is 80.6 Å². The molecule has 9 heteroatoms. The number of fused-ring (bicyclic) bond motifs is 1. The number of nitrogens with one attached hydrogen (secondary N) is 1. The maximum atomic E-state index is 13.3. The van der Waals surface area contributed by atoms with E-state index in [1.165, 1.54) is 18.2 Å². The molecule has 3 fully saturated rings. The van der Waals surface area contributed by atoms with Gasteiger partial charge in [-0.2, -0.15) is 13.2 Å². The van der Waals surface area contributed by atoms with E-state index in [9.17, 15) is 13.2 Å². The van der Waals surface area contributed by atoms with Crippen LogP contribution in [0.3, 0.4) is 0 Å². The summed E-state index contributed by atoms with van der Waals surface area (Å²) in [5.74, 6) is 1.76. The number of ether oxygens (including phenoxy) is 1. The lowest BCUT2D eigenvalue weighted by Gasteiger charge is -2.25. The van der Waals surface area contributed by atoms with E-state index >= 15 is 0 Å². The molecule has 3 aliphatic rings. The van der Waals surface area contributed by atoms with Gasteiger partial charge in [0.2, 0.25) is 0 Å². The van der Waals surface area contributed by atoms with Crippen molar-refractivity contribution in [2.24, 2.45) is 17.8 Å². The molecule has 2 aromatic rings. The molecule has 5 rings (SSSR count). The van der Waals surface area contributed by atoms with Gasteiger partial charge in [-0.15, -0.1) is 10.2 Å². The summed E-state index contributed by atoms with van der Waals surface area (Å²) in [5.41, 5.74) is -0.939. The van der Waals surface area contributed by atoms with Gasteiger partial charge in [-0.1, -0.05) is 0 Å². The number of pyridine rings is 1. The monoisotopic (exact) mass is 463 g/mol. The normalized spacial score (nSPS) is 27.8. The Kier molecular flexibility index (Phi) is 5.82. The molecule has 3 atom stereocenters. The van der Waals surface area contributed by atoms with Crippen LogP contribution in [0.4, 0.5) is 19.0 Å². The van der Waals surface area contributed by atoms with E-state index in [4.69, 9.17) is 7.48 Å². The molecule has 33 heavy (non-hydrogen) atoms. The fourth-order valence-corrected chi connectivity index (χ4v) is 5.36. The molecule has 2 aromatic heterocycles. The van der Waals surface area contributed by atoms with Crippen molar-refractivity contribution >= 4 is 5.82 Å². The smallest absolute Gasteiger partial charge is 0.381 e. The van der Waals surface area contributed by atoms with Crippen LogP contribution < -0.4 is 5.32 Å². The Morgan fingerprint density at radius 2 is 1.85 bits per heavy atom. The summed E-state index contributed by atoms with van der Waals surface area (Å²) in [6.07, 6.45) is 0.814. The van der Waals surface area contributed by atoms with Gasteiger partial charge in [0.05, 0.1) is 5.69 Å². The van der Waals surface area contributed by atoms with Crippen molar-refractivity contribution in [3.8, 4) is 11.3 Å². The van der Waals surface area contributed by atoms with Gasteiger partial charge in [0.15, 0.2) is 5.69 Å². The average molecular weight is 464 g/mol. The van der Waals surface area contributed by atoms with Crippen LogP contribution in [-0.2, 0) is 10.9 Å². The van der Waals surface area contributed by atoms with Gasteiger partial charge in [0.1, 0.15) is 5.82 Å². The molecule has 1 saturated carbocycles. The minimum Gasteiger partial charge on any atom is -0.381 e. The Morgan fingerprint density at radius 1 is 1.09 bits per heavy atom. The number of hydrogen-bond donors (Lipinski definition) is 1. The molecule has 4 heterocycles. The third-order valence-corrected chi connectivity index (χ3v) is 7.06. The van der Waals surface area contributed by atoms with Gasteiger partial charge >= 0.3 is 6.18 Å². The second-order valence-electron chi connectivity index (χ2n) is 9.36. The van der Waals surface area contributed by atoms with Gasteiger partial charge in [-0.3, -0.25) is 4.98 Å². The number of aromatic nitrogens is 3. The molecule has 1 aliphatic carbocycles. The van der Waals surface area contributed by atoms with E-state index in [0.717, 1.165) is 58.2 Å². The lowest BCUT2D eigenvalue weighted by Crippen LogP contribution is -2.28. The highest BCUT2D eigenvalue weighted by atomic mass is 19.4. The van der Waals surface area contributed by atoms with E-state index in [2.05, 4.69) is 20.5 Å². The Labute approximate surface area is 194 Å². The predicted octanol–water partition coefficient (Wildman–Crippen LogP) is 4.50. The van der Waals surface area contributed by atoms with Crippen molar-refractivity contribution in [2.45, 2.75) is 44.3 Å². The quantitative estimate of drug-likeness (QED) is 0.681. The van der Waals surface area contributed by atoms with Gasteiger partial charge in [0.25, 0.3) is 0 Å². The highest BCUT2D eigenvalue weighted by Crippen LogP contribution is 2.40. The predicted molar refractivity (Wildman–Crippen MR) is 118 cm³/mol. The van der Waals surface area contributed by atoms with E-state index in [1.54, 1.807) is 6.07 Å². The molecule has 1 N–H and O–H groups in total. The van der Waals surface area contributed by atoms with E-state index in [-0.39, 0.29) is 17.3 Å². The van der Waals surface area contributed by atoms with Gasteiger partial charge < -0.3 is 15.0 Å². The van der Waals surface area contributed by atoms with Crippen LogP contribution in [0.5, 0.6) is 0 Å². The van der Waals surface area contributed by atoms with E-state index < -0.39 is 18.4 Å². The summed E-state index contributed by atoms with van der Waals surface area (Å²) >= 11 is 0. The average Bonchev–Trinajstić information content (AvgIpc) is 3.39. The SMILES string of the molecule is [2H]C([2H])(CC1CCOCC1)N1C[C@H]2CC(Nc3ccc(-c4cccnc4C(F)(F)F)nn3)C[C@H]2C1. The van der Waals surface area contributed by atoms with Crippen molar-refractivity contribution in [1.82, 2.24) is 20.1 Å². The molecule has 2 aliphatic heterocycles. The standard InChI is InChI=1S/C24H30F3N5O/c25-24(26,27)23-20(2-1-8-28-23)21-3-4-22(31-30-21)29-19-12-17-14-32(15-18(17)13-19)9-5-16-6-10-33-11-7-16/h1-4,8,16-19H,5-7,9-15H2,(H,29,31)/t17-,18+,19?/i9D2. The fourth-order valence-electron chi connectivity index (χ4n) is 5.36. The Bertz CT molecular complexity index is 1000. The molecule has 0 spiro atoms. The molecule has 0 radical (unpaired) electrons. The molecular formula is C24H30F3N5O. The molecule has 0 amide bonds. The number of rotatable bonds is 6. The molecule has 6 nitrogen and oxygen atoms in total. The largest absolute Gasteiger partial charge is 0.434 e. The van der Waals surface area contributed by atoms with Crippen LogP contribution in [0.15, 0.2) is 30.5 Å². The topological polar surface area (TPSA) is 63.2 Å². The van der Waals surface area contributed by atoms with Crippen LogP contribution in [-0.4, -0.2) is 58.9 Å². The van der Waals surface area contributed by atoms with E-state index in [1.807, 2.05) is 4.90 Å². The first kappa shape index (κ1) is 20.1. The third-order valence-electron chi connectivity index (χ3n) is 7.06. The molecule has 0 bridgehead atoms. The number of halogens is 3. The number of nitrogens with zero attached hydrogens (tertiary/aromatic N) is 4. The minimum atomic E-state index is -4.56. The van der Waals surface area contributed by atoms with Crippen LogP contribution in [0.25, 0.3) is 11.3 Å². The third kappa shape index (κ3) is 5.30. The Morgan fingerprint density at radius 3 is 2.52 bits per heavy atom. The molecule has 1 unspecified atom stereocenters. The summed E-state index contributed by atoms with van der Waals surface area (Å²) < 4.78 is 62.5. The number of alkyl halides is 3. The zero-order valence-electron chi connectivity index (χ0n) is 20.4. The Balaban J connectivity index is 1.16. The molecule has 178 valence electrons. The highest BCUT2D eigenvalue weighted by molar-refractivity contribution is 5.62. The maximum absolute atomic E-state index is 13.3. The lowest BCUT2D eigenvalue weighted by molar-refractivity contribution is -0.140. The van der Waals surface area contributed by atoms with Crippen molar-refractivity contribution in [3.05, 3.63) is 36.2 Å². The number of hydrogen-bond acceptors (Lipinski definition) is 6. The first-order valence-corrected chi connectivity index (χ1v) is 11.6. The summed E-state index contributed by atoms with van der Waals surface area (Å²) in [6.45, 7) is 1.68. The summed E-state index contributed by atoms with van der Waals surface area (Å²) in [6, 6.07) is 6.17. The van der Waals surface area contributed by atoms with Gasteiger partial charge in [-0.25, -0.2) is 0 Å². The fraction of sp³-hybridized carbons (Fsp3) is 0.625. The van der Waals surface area contributed by atoms with Gasteiger partial charge in [0, 0.05) is 46.8 Å². The van der Waals surface area contributed by atoms with Crippen molar-refractivity contribution in [2.75, 3.05) is 38.1 Å². The van der Waals surface area contributed by atoms with Crippen molar-refractivity contribution in [3.63, 3.8) is 0 Å². The van der Waals surface area contributed by atoms with Crippen LogP contribution in [0.2, 0.25) is 0 Å². The van der Waals surface area contributed by atoms with E-state index in [0.29, 0.717) is 30.0 Å². The highest BCUT2D eigenvalue weighted by Gasteiger charge is 2.41. The molecule has 2 saturated heterocycles. The first-order chi connectivity index (χ1) is 16.7. The van der Waals surface area contributed by atoms with Crippen LogP contribution in [0, 0.1) is 17.8 Å². The second-order valence-corrected chi connectivity index (χ2v) is 9.36. The van der Waals surface area contributed by atoms with Crippen molar-refractivity contribution < 1.29 is 20.6 Å². The number of anilines is 1. The zero-order chi connectivity index (χ0) is 24.6.